The molecule has 0 atom stereocenters. The molecule has 168 valence electrons. The summed E-state index contributed by atoms with van der Waals surface area (Å²) in [5.74, 6) is 1.17. The van der Waals surface area contributed by atoms with E-state index in [9.17, 15) is 14.9 Å². The zero-order valence-corrected chi connectivity index (χ0v) is 18.8. The molecular weight excluding hydrogens is 452 g/mol. The third kappa shape index (κ3) is 4.24. The van der Waals surface area contributed by atoms with Gasteiger partial charge in [0, 0.05) is 35.3 Å². The Labute approximate surface area is 198 Å². The Morgan fingerprint density at radius 1 is 1.03 bits per heavy atom. The lowest BCUT2D eigenvalue weighted by molar-refractivity contribution is -0.384. The maximum Gasteiger partial charge on any atom is 0.270 e. The second-order valence-corrected chi connectivity index (χ2v) is 8.47. The highest BCUT2D eigenvalue weighted by molar-refractivity contribution is 7.19. The number of non-ortho nitro benzene ring substituents is 1. The smallest absolute Gasteiger partial charge is 0.270 e. The molecule has 3 aromatic carbocycles. The minimum absolute atomic E-state index is 0.00540. The minimum Gasteiger partial charge on any atom is -0.457 e. The van der Waals surface area contributed by atoms with Crippen LogP contribution in [-0.2, 0) is 0 Å². The summed E-state index contributed by atoms with van der Waals surface area (Å²) in [7, 11) is 0. The van der Waals surface area contributed by atoms with Gasteiger partial charge in [-0.15, -0.1) is 0 Å². The molecule has 2 aromatic heterocycles. The van der Waals surface area contributed by atoms with Gasteiger partial charge in [-0.1, -0.05) is 41.7 Å². The lowest BCUT2D eigenvalue weighted by atomic mass is 10.1. The first kappa shape index (κ1) is 21.4. The Morgan fingerprint density at radius 3 is 2.47 bits per heavy atom. The Balaban J connectivity index is 1.33. The molecule has 0 spiro atoms. The fraction of sp³-hybridized carbons (Fsp3) is 0.0400. The molecule has 0 saturated carbocycles. The van der Waals surface area contributed by atoms with Gasteiger partial charge < -0.3 is 10.1 Å². The Morgan fingerprint density at radius 2 is 1.76 bits per heavy atom. The zero-order chi connectivity index (χ0) is 23.7. The summed E-state index contributed by atoms with van der Waals surface area (Å²) in [6.07, 6.45) is 1.78. The van der Waals surface area contributed by atoms with E-state index in [4.69, 9.17) is 4.74 Å². The maximum absolute atomic E-state index is 12.9. The van der Waals surface area contributed by atoms with E-state index in [2.05, 4.69) is 10.3 Å². The number of anilines is 1. The number of carbonyl (C=O) groups is 1. The van der Waals surface area contributed by atoms with Crippen molar-refractivity contribution in [1.82, 2.24) is 9.38 Å². The third-order valence-corrected chi connectivity index (χ3v) is 6.36. The van der Waals surface area contributed by atoms with Gasteiger partial charge in [-0.3, -0.25) is 19.3 Å². The standard InChI is InChI=1S/C25H18N4O4S/c1-16-23(24(30)26-18-10-12-21(13-11-18)33-20-8-3-2-4-9-20)34-25-27-22(15-28(16)25)17-6-5-7-19(14-17)29(31)32/h2-15H,1H3,(H,26,30). The number of nitrogens with zero attached hydrogens (tertiary/aromatic N) is 3. The second-order valence-electron chi connectivity index (χ2n) is 7.50. The van der Waals surface area contributed by atoms with Crippen LogP contribution in [0.15, 0.2) is 85.1 Å². The van der Waals surface area contributed by atoms with Crippen LogP contribution in [0.1, 0.15) is 15.4 Å². The number of para-hydroxylation sites is 1. The van der Waals surface area contributed by atoms with Crippen molar-refractivity contribution in [2.24, 2.45) is 0 Å². The number of ether oxygens (including phenoxy) is 1. The first-order chi connectivity index (χ1) is 16.5. The molecule has 0 aliphatic rings. The third-order valence-electron chi connectivity index (χ3n) is 5.21. The van der Waals surface area contributed by atoms with Crippen LogP contribution < -0.4 is 10.1 Å². The van der Waals surface area contributed by atoms with Crippen LogP contribution in [0.3, 0.4) is 0 Å². The van der Waals surface area contributed by atoms with Gasteiger partial charge in [-0.05, 0) is 43.3 Å². The van der Waals surface area contributed by atoms with E-state index in [1.807, 2.05) is 41.7 Å². The van der Waals surface area contributed by atoms with E-state index in [1.165, 1.54) is 23.5 Å². The van der Waals surface area contributed by atoms with Gasteiger partial charge in [0.1, 0.15) is 16.4 Å². The summed E-state index contributed by atoms with van der Waals surface area (Å²) < 4.78 is 7.60. The molecule has 0 bridgehead atoms. The van der Waals surface area contributed by atoms with E-state index in [0.717, 1.165) is 11.4 Å². The molecule has 0 saturated heterocycles. The number of thiazole rings is 1. The number of carbonyl (C=O) groups excluding carboxylic acids is 1. The molecule has 9 heteroatoms. The SMILES string of the molecule is Cc1c(C(=O)Nc2ccc(Oc3ccccc3)cc2)sc2nc(-c3cccc([N+](=O)[O-])c3)cn12. The number of imidazole rings is 1. The molecular formula is C25H18N4O4S. The van der Waals surface area contributed by atoms with Gasteiger partial charge in [0.05, 0.1) is 10.6 Å². The lowest BCUT2D eigenvalue weighted by Gasteiger charge is -2.08. The van der Waals surface area contributed by atoms with Crippen LogP contribution in [0.2, 0.25) is 0 Å². The summed E-state index contributed by atoms with van der Waals surface area (Å²) in [6, 6.07) is 22.9. The molecule has 0 unspecified atom stereocenters. The number of nitro groups is 1. The lowest BCUT2D eigenvalue weighted by Crippen LogP contribution is -2.11. The average molecular weight is 471 g/mol. The fourth-order valence-corrected chi connectivity index (χ4v) is 4.50. The number of aryl methyl sites for hydroxylation is 1. The molecule has 8 nitrogen and oxygen atoms in total. The molecule has 34 heavy (non-hydrogen) atoms. The Hall–Kier alpha value is -4.50. The molecule has 1 amide bonds. The van der Waals surface area contributed by atoms with Crippen LogP contribution >= 0.6 is 11.3 Å². The van der Waals surface area contributed by atoms with Crippen molar-refractivity contribution in [2.45, 2.75) is 6.92 Å². The van der Waals surface area contributed by atoms with E-state index in [1.54, 1.807) is 42.6 Å². The van der Waals surface area contributed by atoms with Crippen molar-refractivity contribution in [2.75, 3.05) is 5.32 Å². The van der Waals surface area contributed by atoms with E-state index >= 15 is 0 Å². The monoisotopic (exact) mass is 470 g/mol. The molecule has 5 rings (SSSR count). The zero-order valence-electron chi connectivity index (χ0n) is 18.0. The van der Waals surface area contributed by atoms with Gasteiger partial charge in [0.2, 0.25) is 0 Å². The number of fused-ring (bicyclic) bond motifs is 1. The number of aromatic nitrogens is 2. The first-order valence-corrected chi connectivity index (χ1v) is 11.2. The van der Waals surface area contributed by atoms with Gasteiger partial charge in [-0.2, -0.15) is 0 Å². The van der Waals surface area contributed by atoms with Gasteiger partial charge in [0.15, 0.2) is 4.96 Å². The Bertz CT molecular complexity index is 1510. The number of rotatable bonds is 6. The highest BCUT2D eigenvalue weighted by atomic mass is 32.1. The molecule has 1 N–H and O–H groups in total. The normalized spacial score (nSPS) is 10.9. The number of nitro benzene ring substituents is 1. The van der Waals surface area contributed by atoms with Crippen molar-refractivity contribution in [1.29, 1.82) is 0 Å². The molecule has 2 heterocycles. The van der Waals surface area contributed by atoms with Crippen LogP contribution in [0.4, 0.5) is 11.4 Å². The molecule has 0 radical (unpaired) electrons. The van der Waals surface area contributed by atoms with E-state index in [-0.39, 0.29) is 11.6 Å². The minimum atomic E-state index is -0.435. The summed E-state index contributed by atoms with van der Waals surface area (Å²) in [5, 5.41) is 14.0. The van der Waals surface area contributed by atoms with Crippen LogP contribution in [0.25, 0.3) is 16.2 Å². The maximum atomic E-state index is 12.9. The quantitative estimate of drug-likeness (QED) is 0.231. The number of hydrogen-bond acceptors (Lipinski definition) is 6. The second kappa shape index (κ2) is 8.80. The van der Waals surface area contributed by atoms with Crippen molar-refractivity contribution < 1.29 is 14.5 Å². The molecule has 0 aliphatic heterocycles. The summed E-state index contributed by atoms with van der Waals surface area (Å²) in [5.41, 5.74) is 2.65. The van der Waals surface area contributed by atoms with Crippen LogP contribution in [-0.4, -0.2) is 20.2 Å². The number of nitrogens with one attached hydrogen (secondary N) is 1. The predicted octanol–water partition coefficient (Wildman–Crippen LogP) is 6.32. The van der Waals surface area contributed by atoms with Crippen molar-refractivity contribution in [3.8, 4) is 22.8 Å². The van der Waals surface area contributed by atoms with E-state index < -0.39 is 4.92 Å². The van der Waals surface area contributed by atoms with Crippen molar-refractivity contribution in [3.63, 3.8) is 0 Å². The molecule has 0 fully saturated rings. The summed E-state index contributed by atoms with van der Waals surface area (Å²) in [4.78, 5) is 29.3. The summed E-state index contributed by atoms with van der Waals surface area (Å²) >= 11 is 1.26. The van der Waals surface area contributed by atoms with Crippen molar-refractivity contribution >= 4 is 33.6 Å². The van der Waals surface area contributed by atoms with Crippen molar-refractivity contribution in [3.05, 3.63) is 106 Å². The summed E-state index contributed by atoms with van der Waals surface area (Å²) in [6.45, 7) is 1.84. The molecule has 0 aliphatic carbocycles. The predicted molar refractivity (Wildman–Crippen MR) is 131 cm³/mol. The molecule has 5 aromatic rings. The van der Waals surface area contributed by atoms with Gasteiger partial charge in [0.25, 0.3) is 11.6 Å². The number of hydrogen-bond donors (Lipinski definition) is 1. The first-order valence-electron chi connectivity index (χ1n) is 10.4. The van der Waals surface area contributed by atoms with Gasteiger partial charge >= 0.3 is 0 Å². The highest BCUT2D eigenvalue weighted by Crippen LogP contribution is 2.29. The average Bonchev–Trinajstić information content (AvgIpc) is 3.40. The largest absolute Gasteiger partial charge is 0.457 e. The highest BCUT2D eigenvalue weighted by Gasteiger charge is 2.19. The number of amides is 1. The Kier molecular flexibility index (Phi) is 5.52. The van der Waals surface area contributed by atoms with E-state index in [0.29, 0.717) is 32.5 Å². The number of benzene rings is 3. The fourth-order valence-electron chi connectivity index (χ4n) is 3.50. The van der Waals surface area contributed by atoms with Crippen LogP contribution in [0, 0.1) is 17.0 Å². The van der Waals surface area contributed by atoms with Gasteiger partial charge in [-0.25, -0.2) is 4.98 Å². The topological polar surface area (TPSA) is 98.8 Å². The van der Waals surface area contributed by atoms with Crippen LogP contribution in [0.5, 0.6) is 11.5 Å².